The topological polar surface area (TPSA) is 41.4 Å². The molecule has 4 nitrogen and oxygen atoms in total. The predicted molar refractivity (Wildman–Crippen MR) is 246 cm³/mol. The van der Waals surface area contributed by atoms with Crippen molar-refractivity contribution < 1.29 is 0 Å². The molecule has 4 heteroatoms. The minimum atomic E-state index is -0.215. The van der Waals surface area contributed by atoms with Crippen molar-refractivity contribution in [1.82, 2.24) is 15.2 Å². The predicted octanol–water partition coefficient (Wildman–Crippen LogP) is 13.3. The van der Waals surface area contributed by atoms with Gasteiger partial charge in [-0.05, 0) is 85.6 Å². The van der Waals surface area contributed by atoms with E-state index in [0.29, 0.717) is 0 Å². The Morgan fingerprint density at radius 2 is 0.983 bits per heavy atom. The number of hydrogen-bond donors (Lipinski definition) is 2. The third-order valence-corrected chi connectivity index (χ3v) is 11.7. The number of aromatic nitrogens is 1. The van der Waals surface area contributed by atoms with Crippen molar-refractivity contribution in [1.29, 1.82) is 0 Å². The lowest BCUT2D eigenvalue weighted by molar-refractivity contribution is 0.409. The molecule has 2 unspecified atom stereocenters. The van der Waals surface area contributed by atoms with E-state index in [2.05, 4.69) is 234 Å². The van der Waals surface area contributed by atoms with E-state index in [1.807, 2.05) is 0 Å². The molecular formula is C55H40N4. The van der Waals surface area contributed by atoms with Crippen LogP contribution in [0.15, 0.2) is 223 Å². The highest BCUT2D eigenvalue weighted by molar-refractivity contribution is 6.09. The molecule has 0 aliphatic carbocycles. The first-order valence-electron chi connectivity index (χ1n) is 20.3. The molecule has 59 heavy (non-hydrogen) atoms. The van der Waals surface area contributed by atoms with E-state index in [1.165, 1.54) is 60.4 Å². The normalized spacial score (nSPS) is 15.3. The fourth-order valence-electron chi connectivity index (χ4n) is 8.82. The van der Waals surface area contributed by atoms with Gasteiger partial charge < -0.3 is 9.88 Å². The van der Waals surface area contributed by atoms with Crippen molar-refractivity contribution in [3.63, 3.8) is 0 Å². The van der Waals surface area contributed by atoms with Gasteiger partial charge >= 0.3 is 0 Å². The highest BCUT2D eigenvalue weighted by Crippen LogP contribution is 2.40. The Morgan fingerprint density at radius 1 is 0.407 bits per heavy atom. The highest BCUT2D eigenvalue weighted by atomic mass is 15.3. The van der Waals surface area contributed by atoms with Crippen LogP contribution in [-0.2, 0) is 0 Å². The molecule has 10 aromatic rings. The van der Waals surface area contributed by atoms with Crippen LogP contribution in [0.5, 0.6) is 0 Å². The Morgan fingerprint density at radius 3 is 1.71 bits per heavy atom. The van der Waals surface area contributed by atoms with Gasteiger partial charge in [-0.2, -0.15) is 0 Å². The number of nitrogens with one attached hydrogen (secondary N) is 2. The van der Waals surface area contributed by atoms with E-state index >= 15 is 0 Å². The van der Waals surface area contributed by atoms with Crippen LogP contribution in [0.3, 0.4) is 0 Å². The maximum absolute atomic E-state index is 5.26. The molecule has 1 aliphatic heterocycles. The van der Waals surface area contributed by atoms with Gasteiger partial charge in [-0.1, -0.05) is 188 Å². The van der Waals surface area contributed by atoms with Crippen LogP contribution in [0, 0.1) is 0 Å². The van der Waals surface area contributed by atoms with Gasteiger partial charge in [0.05, 0.1) is 11.0 Å². The quantitative estimate of drug-likeness (QED) is 0.170. The molecule has 0 amide bonds. The first kappa shape index (κ1) is 34.7. The zero-order chi connectivity index (χ0) is 39.1. The van der Waals surface area contributed by atoms with Crippen LogP contribution in [0.25, 0.3) is 71.6 Å². The third-order valence-electron chi connectivity index (χ3n) is 11.7. The summed E-state index contributed by atoms with van der Waals surface area (Å²) in [4.78, 5) is 5.26. The number of benzene rings is 9. The smallest absolute Gasteiger partial charge is 0.131 e. The summed E-state index contributed by atoms with van der Waals surface area (Å²) in [6.07, 6.45) is -0.362. The SMILES string of the molecule is c1ccc(-c2cccc(C3NC(c4ccc(-c5c(-c6ccc(-n7c8ccccc8c8ccccc87)cc6)ccc6ccccc56)cc4)=NC(c4ccccc4)N3)c2)cc1. The average molecular weight is 757 g/mol. The molecule has 1 aromatic heterocycles. The van der Waals surface area contributed by atoms with Crippen molar-refractivity contribution in [2.45, 2.75) is 12.3 Å². The molecule has 0 spiro atoms. The molecular weight excluding hydrogens is 717 g/mol. The summed E-state index contributed by atoms with van der Waals surface area (Å²) in [7, 11) is 0. The Bertz CT molecular complexity index is 3090. The zero-order valence-corrected chi connectivity index (χ0v) is 32.3. The highest BCUT2D eigenvalue weighted by Gasteiger charge is 2.26. The van der Waals surface area contributed by atoms with E-state index in [9.17, 15) is 0 Å². The van der Waals surface area contributed by atoms with E-state index < -0.39 is 0 Å². The van der Waals surface area contributed by atoms with Gasteiger partial charge in [0.2, 0.25) is 0 Å². The molecule has 11 rings (SSSR count). The summed E-state index contributed by atoms with van der Waals surface area (Å²) < 4.78 is 2.37. The minimum absolute atomic E-state index is 0.147. The molecule has 1 aliphatic rings. The first-order chi connectivity index (χ1) is 29.2. The van der Waals surface area contributed by atoms with Crippen molar-refractivity contribution in [3.05, 3.63) is 235 Å². The molecule has 0 bridgehead atoms. The maximum atomic E-state index is 5.26. The zero-order valence-electron chi connectivity index (χ0n) is 32.3. The number of fused-ring (bicyclic) bond motifs is 4. The van der Waals surface area contributed by atoms with Gasteiger partial charge in [0.1, 0.15) is 18.2 Å². The first-order valence-corrected chi connectivity index (χ1v) is 20.3. The van der Waals surface area contributed by atoms with Crippen LogP contribution < -0.4 is 10.6 Å². The largest absolute Gasteiger partial charge is 0.350 e. The second-order valence-corrected chi connectivity index (χ2v) is 15.2. The lowest BCUT2D eigenvalue weighted by Gasteiger charge is -2.32. The second kappa shape index (κ2) is 14.8. The number of amidine groups is 1. The van der Waals surface area contributed by atoms with E-state index in [1.54, 1.807) is 0 Å². The average Bonchev–Trinajstić information content (AvgIpc) is 3.66. The van der Waals surface area contributed by atoms with E-state index in [0.717, 1.165) is 33.8 Å². The summed E-state index contributed by atoms with van der Waals surface area (Å²) >= 11 is 0. The minimum Gasteiger partial charge on any atom is -0.350 e. The lowest BCUT2D eigenvalue weighted by atomic mass is 9.89. The van der Waals surface area contributed by atoms with Gasteiger partial charge in [-0.15, -0.1) is 0 Å². The Balaban J connectivity index is 0.965. The van der Waals surface area contributed by atoms with Crippen LogP contribution in [0.4, 0.5) is 0 Å². The van der Waals surface area contributed by atoms with Gasteiger partial charge in [0.15, 0.2) is 0 Å². The molecule has 9 aromatic carbocycles. The number of rotatable bonds is 7. The van der Waals surface area contributed by atoms with Crippen LogP contribution >= 0.6 is 0 Å². The summed E-state index contributed by atoms with van der Waals surface area (Å²) in [6, 6.07) is 78.3. The molecule has 280 valence electrons. The summed E-state index contributed by atoms with van der Waals surface area (Å²) in [5.74, 6) is 0.859. The number of hydrogen-bond acceptors (Lipinski definition) is 3. The molecule has 0 saturated heterocycles. The summed E-state index contributed by atoms with van der Waals surface area (Å²) in [5, 5.41) is 12.5. The standard InChI is InChI=1S/C55H40N4/c1-3-14-37(15-4-1)43-19-13-20-44(36-43)55-57-53(41-17-5-2-6-18-41)56-54(58-55)42-28-26-40(27-29-42)52-46-21-8-7-16-38(46)32-35-47(52)39-30-33-45(34-31-39)59-50-24-11-9-22-48(50)49-23-10-12-25-51(49)59/h1-36,53,55,57H,(H,56,58). The van der Waals surface area contributed by atoms with Crippen LogP contribution in [0.2, 0.25) is 0 Å². The van der Waals surface area contributed by atoms with Crippen molar-refractivity contribution in [2.75, 3.05) is 0 Å². The molecule has 0 saturated carbocycles. The fraction of sp³-hybridized carbons (Fsp3) is 0.0364. The molecule has 2 heterocycles. The number of aliphatic imine (C=N–C) groups is 1. The third kappa shape index (κ3) is 6.37. The van der Waals surface area contributed by atoms with Crippen LogP contribution in [-0.4, -0.2) is 10.4 Å². The van der Waals surface area contributed by atoms with Crippen LogP contribution in [0.1, 0.15) is 29.0 Å². The van der Waals surface area contributed by atoms with Crippen molar-refractivity contribution in [2.24, 2.45) is 4.99 Å². The molecule has 2 atom stereocenters. The Kier molecular flexibility index (Phi) is 8.68. The number of nitrogens with zero attached hydrogens (tertiary/aromatic N) is 2. The van der Waals surface area contributed by atoms with Gasteiger partial charge in [-0.25, -0.2) is 4.99 Å². The monoisotopic (exact) mass is 756 g/mol. The maximum Gasteiger partial charge on any atom is 0.131 e. The summed E-state index contributed by atoms with van der Waals surface area (Å²) in [5.41, 5.74) is 14.0. The molecule has 0 radical (unpaired) electrons. The lowest BCUT2D eigenvalue weighted by Crippen LogP contribution is -2.44. The van der Waals surface area contributed by atoms with Crippen molar-refractivity contribution in [3.8, 4) is 39.1 Å². The molecule has 0 fully saturated rings. The summed E-state index contributed by atoms with van der Waals surface area (Å²) in [6.45, 7) is 0. The second-order valence-electron chi connectivity index (χ2n) is 15.2. The van der Waals surface area contributed by atoms with Gasteiger partial charge in [0.25, 0.3) is 0 Å². The Labute approximate surface area is 343 Å². The van der Waals surface area contributed by atoms with E-state index in [4.69, 9.17) is 4.99 Å². The number of para-hydroxylation sites is 2. The molecule has 2 N–H and O–H groups in total. The van der Waals surface area contributed by atoms with Gasteiger partial charge in [-0.3, -0.25) is 5.32 Å². The fourth-order valence-corrected chi connectivity index (χ4v) is 8.82. The van der Waals surface area contributed by atoms with Crippen molar-refractivity contribution >= 4 is 38.4 Å². The van der Waals surface area contributed by atoms with E-state index in [-0.39, 0.29) is 12.3 Å². The van der Waals surface area contributed by atoms with Gasteiger partial charge in [0, 0.05) is 22.0 Å². The Hall–Kier alpha value is -7.53.